The standard InChI is InChI=1S/C27H37N3O3S/c1-22-9-6-14-26(23(22)2)28-16-18-29(19-17-28)27(31)25-13-7-15-30(21-25)34(32,33)20-8-12-24-10-4-3-5-11-24/h3-6,9-11,14,25H,7-8,12-13,15-21H2,1-2H3/t25-/m0/s1. The Morgan fingerprint density at radius 3 is 2.41 bits per heavy atom. The van der Waals surface area contributed by atoms with Gasteiger partial charge in [-0.15, -0.1) is 0 Å². The van der Waals surface area contributed by atoms with E-state index in [1.807, 2.05) is 35.2 Å². The largest absolute Gasteiger partial charge is 0.368 e. The van der Waals surface area contributed by atoms with Gasteiger partial charge in [-0.25, -0.2) is 12.7 Å². The SMILES string of the molecule is Cc1cccc(N2CCN(C(=O)[C@H]3CCCN(S(=O)(=O)CCCc4ccccc4)C3)CC2)c1C. The minimum absolute atomic E-state index is 0.116. The topological polar surface area (TPSA) is 60.9 Å². The fourth-order valence-electron chi connectivity index (χ4n) is 5.13. The van der Waals surface area contributed by atoms with Crippen molar-refractivity contribution >= 4 is 21.6 Å². The molecule has 0 aromatic heterocycles. The molecule has 0 saturated carbocycles. The van der Waals surface area contributed by atoms with Gasteiger partial charge in [0.2, 0.25) is 15.9 Å². The number of piperazine rings is 1. The van der Waals surface area contributed by atoms with E-state index in [0.717, 1.165) is 37.9 Å². The van der Waals surface area contributed by atoms with Crippen LogP contribution in [0.2, 0.25) is 0 Å². The number of aryl methyl sites for hydroxylation is 2. The summed E-state index contributed by atoms with van der Waals surface area (Å²) in [5, 5.41) is 0. The first-order valence-electron chi connectivity index (χ1n) is 12.5. The normalized spacial score (nSPS) is 19.9. The lowest BCUT2D eigenvalue weighted by Gasteiger charge is -2.40. The molecule has 2 fully saturated rings. The van der Waals surface area contributed by atoms with Crippen molar-refractivity contribution in [1.82, 2.24) is 9.21 Å². The number of amides is 1. The molecule has 4 rings (SSSR count). The van der Waals surface area contributed by atoms with Gasteiger partial charge in [0.05, 0.1) is 11.7 Å². The number of benzene rings is 2. The van der Waals surface area contributed by atoms with Crippen LogP contribution < -0.4 is 4.90 Å². The number of anilines is 1. The minimum Gasteiger partial charge on any atom is -0.368 e. The summed E-state index contributed by atoms with van der Waals surface area (Å²) >= 11 is 0. The second-order valence-corrected chi connectivity index (χ2v) is 11.7. The summed E-state index contributed by atoms with van der Waals surface area (Å²) in [6.07, 6.45) is 2.87. The van der Waals surface area contributed by atoms with Crippen LogP contribution in [-0.2, 0) is 21.2 Å². The average molecular weight is 484 g/mol. The number of nitrogens with zero attached hydrogens (tertiary/aromatic N) is 3. The van der Waals surface area contributed by atoms with E-state index in [4.69, 9.17) is 0 Å². The summed E-state index contributed by atoms with van der Waals surface area (Å²) in [5.41, 5.74) is 4.98. The Hall–Kier alpha value is -2.38. The van der Waals surface area contributed by atoms with E-state index in [1.165, 1.54) is 16.8 Å². The van der Waals surface area contributed by atoms with Crippen LogP contribution >= 0.6 is 0 Å². The van der Waals surface area contributed by atoms with E-state index in [9.17, 15) is 13.2 Å². The highest BCUT2D eigenvalue weighted by atomic mass is 32.2. The Bertz CT molecular complexity index is 1080. The molecule has 34 heavy (non-hydrogen) atoms. The van der Waals surface area contributed by atoms with Gasteiger partial charge in [-0.2, -0.15) is 0 Å². The van der Waals surface area contributed by atoms with Gasteiger partial charge in [0.15, 0.2) is 0 Å². The van der Waals surface area contributed by atoms with Crippen LogP contribution in [0.3, 0.4) is 0 Å². The van der Waals surface area contributed by atoms with Crippen LogP contribution in [0.1, 0.15) is 36.0 Å². The molecule has 1 amide bonds. The molecule has 0 unspecified atom stereocenters. The van der Waals surface area contributed by atoms with Gasteiger partial charge in [-0.3, -0.25) is 4.79 Å². The van der Waals surface area contributed by atoms with Crippen LogP contribution in [0.25, 0.3) is 0 Å². The Balaban J connectivity index is 1.29. The fraction of sp³-hybridized carbons (Fsp3) is 0.519. The predicted molar refractivity (Wildman–Crippen MR) is 138 cm³/mol. The first-order valence-corrected chi connectivity index (χ1v) is 14.1. The monoisotopic (exact) mass is 483 g/mol. The number of hydrogen-bond donors (Lipinski definition) is 0. The maximum absolute atomic E-state index is 13.3. The van der Waals surface area contributed by atoms with Crippen LogP contribution in [-0.4, -0.2) is 68.6 Å². The van der Waals surface area contributed by atoms with Crippen molar-refractivity contribution in [3.63, 3.8) is 0 Å². The molecule has 2 aliphatic heterocycles. The second-order valence-electron chi connectivity index (χ2n) is 9.63. The van der Waals surface area contributed by atoms with Gasteiger partial charge in [0.1, 0.15) is 0 Å². The van der Waals surface area contributed by atoms with Gasteiger partial charge in [-0.1, -0.05) is 42.5 Å². The molecule has 0 radical (unpaired) electrons. The molecule has 0 bridgehead atoms. The summed E-state index contributed by atoms with van der Waals surface area (Å²) in [5.74, 6) is 0.0202. The third kappa shape index (κ3) is 5.81. The molecule has 0 spiro atoms. The number of carbonyl (C=O) groups excluding carboxylic acids is 1. The third-order valence-electron chi connectivity index (χ3n) is 7.35. The molecule has 184 valence electrons. The Morgan fingerprint density at radius 2 is 1.68 bits per heavy atom. The number of rotatable bonds is 7. The molecule has 2 aromatic carbocycles. The van der Waals surface area contributed by atoms with Crippen molar-refractivity contribution in [2.75, 3.05) is 49.9 Å². The first kappa shape index (κ1) is 24.7. The van der Waals surface area contributed by atoms with Gasteiger partial charge >= 0.3 is 0 Å². The molecule has 0 N–H and O–H groups in total. The highest BCUT2D eigenvalue weighted by Gasteiger charge is 2.35. The number of carbonyl (C=O) groups is 1. The second kappa shape index (κ2) is 10.9. The zero-order valence-corrected chi connectivity index (χ0v) is 21.3. The van der Waals surface area contributed by atoms with Crippen molar-refractivity contribution in [1.29, 1.82) is 0 Å². The highest BCUT2D eigenvalue weighted by Crippen LogP contribution is 2.26. The predicted octanol–water partition coefficient (Wildman–Crippen LogP) is 3.63. The van der Waals surface area contributed by atoms with Crippen LogP contribution in [0.4, 0.5) is 5.69 Å². The van der Waals surface area contributed by atoms with E-state index < -0.39 is 10.0 Å². The van der Waals surface area contributed by atoms with Crippen molar-refractivity contribution < 1.29 is 13.2 Å². The molecular weight excluding hydrogens is 446 g/mol. The van der Waals surface area contributed by atoms with Crippen molar-refractivity contribution in [2.24, 2.45) is 5.92 Å². The molecule has 1 atom stereocenters. The minimum atomic E-state index is -3.35. The van der Waals surface area contributed by atoms with Gasteiger partial charge in [0, 0.05) is 45.0 Å². The number of hydrogen-bond acceptors (Lipinski definition) is 4. The summed E-state index contributed by atoms with van der Waals surface area (Å²) < 4.78 is 27.5. The molecule has 2 heterocycles. The summed E-state index contributed by atoms with van der Waals surface area (Å²) in [6.45, 7) is 8.12. The van der Waals surface area contributed by atoms with E-state index in [-0.39, 0.29) is 17.6 Å². The van der Waals surface area contributed by atoms with E-state index in [0.29, 0.717) is 32.6 Å². The Morgan fingerprint density at radius 1 is 0.941 bits per heavy atom. The fourth-order valence-corrected chi connectivity index (χ4v) is 6.71. The lowest BCUT2D eigenvalue weighted by atomic mass is 9.97. The van der Waals surface area contributed by atoms with Gasteiger partial charge < -0.3 is 9.80 Å². The van der Waals surface area contributed by atoms with Crippen molar-refractivity contribution in [2.45, 2.75) is 39.5 Å². The number of sulfonamides is 1. The molecule has 2 saturated heterocycles. The van der Waals surface area contributed by atoms with Crippen LogP contribution in [0.5, 0.6) is 0 Å². The Kier molecular flexibility index (Phi) is 7.94. The van der Waals surface area contributed by atoms with Gasteiger partial charge in [-0.05, 0) is 62.3 Å². The quantitative estimate of drug-likeness (QED) is 0.604. The summed E-state index contributed by atoms with van der Waals surface area (Å²) in [6, 6.07) is 16.4. The molecule has 7 heteroatoms. The summed E-state index contributed by atoms with van der Waals surface area (Å²) in [7, 11) is -3.35. The first-order chi connectivity index (χ1) is 16.3. The lowest BCUT2D eigenvalue weighted by Crippen LogP contribution is -2.53. The van der Waals surface area contributed by atoms with Crippen molar-refractivity contribution in [3.05, 3.63) is 65.2 Å². The third-order valence-corrected chi connectivity index (χ3v) is 9.27. The van der Waals surface area contributed by atoms with Crippen LogP contribution in [0.15, 0.2) is 48.5 Å². The van der Waals surface area contributed by atoms with Crippen LogP contribution in [0, 0.1) is 19.8 Å². The maximum Gasteiger partial charge on any atom is 0.227 e. The van der Waals surface area contributed by atoms with E-state index >= 15 is 0 Å². The molecule has 0 aliphatic carbocycles. The van der Waals surface area contributed by atoms with Gasteiger partial charge in [0.25, 0.3) is 0 Å². The zero-order chi connectivity index (χ0) is 24.1. The average Bonchev–Trinajstić information content (AvgIpc) is 2.86. The number of piperidine rings is 1. The highest BCUT2D eigenvalue weighted by molar-refractivity contribution is 7.89. The molecule has 6 nitrogen and oxygen atoms in total. The zero-order valence-electron chi connectivity index (χ0n) is 20.4. The molecule has 2 aliphatic rings. The summed E-state index contributed by atoms with van der Waals surface area (Å²) in [4.78, 5) is 17.6. The Labute approximate surface area is 204 Å². The van der Waals surface area contributed by atoms with E-state index in [2.05, 4.69) is 36.9 Å². The van der Waals surface area contributed by atoms with Crippen molar-refractivity contribution in [3.8, 4) is 0 Å². The molecule has 2 aromatic rings. The maximum atomic E-state index is 13.3. The smallest absolute Gasteiger partial charge is 0.227 e. The lowest BCUT2D eigenvalue weighted by molar-refractivity contribution is -0.137. The molecular formula is C27H37N3O3S. The van der Waals surface area contributed by atoms with E-state index in [1.54, 1.807) is 4.31 Å².